The molecule has 150 valence electrons. The lowest BCUT2D eigenvalue weighted by Gasteiger charge is -2.15. The number of nitrogens with zero attached hydrogens (tertiary/aromatic N) is 1. The number of halogens is 2. The summed E-state index contributed by atoms with van der Waals surface area (Å²) < 4.78 is 31.3. The monoisotopic (exact) mass is 536 g/mol. The zero-order valence-corrected chi connectivity index (χ0v) is 19.2. The SMILES string of the molecule is O=S(=O)(CC(O)Cn1c2ccc(Br)cc2c2cc(Br)ccc21)Nc1ccccc1. The van der Waals surface area contributed by atoms with Gasteiger partial charge < -0.3 is 9.67 Å². The van der Waals surface area contributed by atoms with Gasteiger partial charge in [-0.3, -0.25) is 4.72 Å². The van der Waals surface area contributed by atoms with Crippen LogP contribution in [-0.4, -0.2) is 29.9 Å². The third kappa shape index (κ3) is 4.50. The fourth-order valence-corrected chi connectivity index (χ4v) is 5.40. The Morgan fingerprint density at radius 1 is 0.897 bits per heavy atom. The van der Waals surface area contributed by atoms with Crippen molar-refractivity contribution < 1.29 is 13.5 Å². The highest BCUT2D eigenvalue weighted by Gasteiger charge is 2.20. The molecule has 1 atom stereocenters. The van der Waals surface area contributed by atoms with E-state index in [9.17, 15) is 13.5 Å². The third-order valence-electron chi connectivity index (χ3n) is 4.64. The van der Waals surface area contributed by atoms with Gasteiger partial charge in [0.25, 0.3) is 0 Å². The van der Waals surface area contributed by atoms with Crippen LogP contribution in [-0.2, 0) is 16.6 Å². The Hall–Kier alpha value is -1.87. The van der Waals surface area contributed by atoms with Gasteiger partial charge in [0.15, 0.2) is 0 Å². The van der Waals surface area contributed by atoms with E-state index in [0.717, 1.165) is 30.8 Å². The molecule has 0 bridgehead atoms. The lowest BCUT2D eigenvalue weighted by molar-refractivity contribution is 0.179. The van der Waals surface area contributed by atoms with Crippen LogP contribution in [0.25, 0.3) is 21.8 Å². The summed E-state index contributed by atoms with van der Waals surface area (Å²) in [5, 5.41) is 12.7. The maximum absolute atomic E-state index is 12.5. The predicted octanol–water partition coefficient (Wildman–Crippen LogP) is 5.12. The molecule has 0 spiro atoms. The first-order valence-electron chi connectivity index (χ1n) is 8.93. The van der Waals surface area contributed by atoms with E-state index in [1.54, 1.807) is 24.3 Å². The number of nitrogens with one attached hydrogen (secondary N) is 1. The van der Waals surface area contributed by atoms with Crippen molar-refractivity contribution in [1.82, 2.24) is 4.57 Å². The van der Waals surface area contributed by atoms with Crippen LogP contribution >= 0.6 is 31.9 Å². The van der Waals surface area contributed by atoms with Crippen molar-refractivity contribution in [2.45, 2.75) is 12.6 Å². The van der Waals surface area contributed by atoms with E-state index in [2.05, 4.69) is 36.6 Å². The number of hydrogen-bond donors (Lipinski definition) is 2. The second kappa shape index (κ2) is 8.10. The Balaban J connectivity index is 1.64. The predicted molar refractivity (Wildman–Crippen MR) is 125 cm³/mol. The van der Waals surface area contributed by atoms with E-state index in [0.29, 0.717) is 5.69 Å². The van der Waals surface area contributed by atoms with Gasteiger partial charge in [-0.2, -0.15) is 0 Å². The first-order chi connectivity index (χ1) is 13.8. The summed E-state index contributed by atoms with van der Waals surface area (Å²) in [5.41, 5.74) is 2.36. The number of hydrogen-bond acceptors (Lipinski definition) is 3. The molecule has 3 aromatic carbocycles. The van der Waals surface area contributed by atoms with E-state index in [1.807, 2.05) is 47.0 Å². The minimum absolute atomic E-state index is 0.166. The summed E-state index contributed by atoms with van der Waals surface area (Å²) in [4.78, 5) is 0. The molecule has 1 aromatic heterocycles. The molecule has 0 radical (unpaired) electrons. The molecule has 2 N–H and O–H groups in total. The molecule has 4 aromatic rings. The lowest BCUT2D eigenvalue weighted by Crippen LogP contribution is -2.29. The quantitative estimate of drug-likeness (QED) is 0.358. The number of aliphatic hydroxyl groups excluding tert-OH is 1. The highest BCUT2D eigenvalue weighted by Crippen LogP contribution is 2.33. The molecule has 0 amide bonds. The van der Waals surface area contributed by atoms with Crippen molar-refractivity contribution in [3.8, 4) is 0 Å². The number of benzene rings is 3. The maximum Gasteiger partial charge on any atom is 0.235 e. The van der Waals surface area contributed by atoms with Crippen LogP contribution in [0.4, 0.5) is 5.69 Å². The van der Waals surface area contributed by atoms with E-state index < -0.39 is 21.9 Å². The van der Waals surface area contributed by atoms with Gasteiger partial charge >= 0.3 is 0 Å². The molecule has 0 fully saturated rings. The molecule has 1 heterocycles. The molecule has 0 saturated heterocycles. The van der Waals surface area contributed by atoms with Crippen LogP contribution in [0.5, 0.6) is 0 Å². The van der Waals surface area contributed by atoms with Gasteiger partial charge in [0.1, 0.15) is 0 Å². The van der Waals surface area contributed by atoms with Gasteiger partial charge in [-0.15, -0.1) is 0 Å². The number of aliphatic hydroxyl groups is 1. The summed E-state index contributed by atoms with van der Waals surface area (Å²) in [7, 11) is -3.69. The Labute approximate surface area is 185 Å². The summed E-state index contributed by atoms with van der Waals surface area (Å²) in [5.74, 6) is -0.393. The van der Waals surface area contributed by atoms with Crippen molar-refractivity contribution in [1.29, 1.82) is 0 Å². The van der Waals surface area contributed by atoms with Gasteiger partial charge in [0.05, 0.1) is 18.4 Å². The first-order valence-corrected chi connectivity index (χ1v) is 12.2. The molecule has 0 saturated carbocycles. The average molecular weight is 538 g/mol. The second-order valence-corrected chi connectivity index (χ2v) is 10.4. The van der Waals surface area contributed by atoms with Crippen molar-refractivity contribution >= 4 is 69.4 Å². The summed E-state index contributed by atoms with van der Waals surface area (Å²) in [6.45, 7) is 0.166. The summed E-state index contributed by atoms with van der Waals surface area (Å²) >= 11 is 7.02. The van der Waals surface area contributed by atoms with Gasteiger partial charge in [-0.05, 0) is 48.5 Å². The van der Waals surface area contributed by atoms with E-state index in [1.165, 1.54) is 0 Å². The minimum Gasteiger partial charge on any atom is -0.390 e. The standard InChI is InChI=1S/C21H18Br2N2O3S/c22-14-6-8-20-18(10-14)19-11-15(23)7-9-21(19)25(20)12-17(26)13-29(27,28)24-16-4-2-1-3-5-16/h1-11,17,24,26H,12-13H2. The Morgan fingerprint density at radius 3 is 2.00 bits per heavy atom. The summed E-state index contributed by atoms with van der Waals surface area (Å²) in [6.07, 6.45) is -1.07. The normalized spacial score (nSPS) is 13.1. The first kappa shape index (κ1) is 20.4. The van der Waals surface area contributed by atoms with Crippen molar-refractivity contribution in [3.05, 3.63) is 75.7 Å². The van der Waals surface area contributed by atoms with Crippen molar-refractivity contribution in [2.24, 2.45) is 0 Å². The highest BCUT2D eigenvalue weighted by molar-refractivity contribution is 9.10. The molecule has 1 unspecified atom stereocenters. The maximum atomic E-state index is 12.5. The van der Waals surface area contributed by atoms with Crippen LogP contribution in [0.2, 0.25) is 0 Å². The zero-order valence-electron chi connectivity index (χ0n) is 15.2. The van der Waals surface area contributed by atoms with Gasteiger partial charge in [-0.1, -0.05) is 50.1 Å². The van der Waals surface area contributed by atoms with E-state index in [-0.39, 0.29) is 6.54 Å². The largest absolute Gasteiger partial charge is 0.390 e. The molecule has 5 nitrogen and oxygen atoms in total. The number of para-hydroxylation sites is 1. The molecule has 4 rings (SSSR count). The molecule has 0 aliphatic carbocycles. The number of sulfonamides is 1. The molecular formula is C21H18Br2N2O3S. The Bertz CT molecular complexity index is 1230. The van der Waals surface area contributed by atoms with Crippen LogP contribution in [0, 0.1) is 0 Å². The minimum atomic E-state index is -3.69. The number of fused-ring (bicyclic) bond motifs is 3. The topological polar surface area (TPSA) is 71.3 Å². The molecule has 29 heavy (non-hydrogen) atoms. The number of rotatable bonds is 6. The van der Waals surface area contributed by atoms with Crippen LogP contribution in [0.3, 0.4) is 0 Å². The molecular weight excluding hydrogens is 520 g/mol. The smallest absolute Gasteiger partial charge is 0.235 e. The van der Waals surface area contributed by atoms with Gasteiger partial charge in [0, 0.05) is 36.4 Å². The average Bonchev–Trinajstić information content (AvgIpc) is 2.94. The van der Waals surface area contributed by atoms with Crippen molar-refractivity contribution in [3.63, 3.8) is 0 Å². The molecule has 8 heteroatoms. The Kier molecular flexibility index (Phi) is 5.70. The van der Waals surface area contributed by atoms with E-state index in [4.69, 9.17) is 0 Å². The molecule has 0 aliphatic heterocycles. The van der Waals surface area contributed by atoms with Crippen LogP contribution in [0.15, 0.2) is 75.7 Å². The van der Waals surface area contributed by atoms with Crippen LogP contribution in [0.1, 0.15) is 0 Å². The highest BCUT2D eigenvalue weighted by atomic mass is 79.9. The number of aromatic nitrogens is 1. The van der Waals surface area contributed by atoms with Crippen LogP contribution < -0.4 is 4.72 Å². The Morgan fingerprint density at radius 2 is 1.45 bits per heavy atom. The second-order valence-electron chi connectivity index (χ2n) is 6.84. The lowest BCUT2D eigenvalue weighted by atomic mass is 10.2. The summed E-state index contributed by atoms with van der Waals surface area (Å²) in [6, 6.07) is 20.5. The fourth-order valence-electron chi connectivity index (χ4n) is 3.49. The van der Waals surface area contributed by atoms with Crippen molar-refractivity contribution in [2.75, 3.05) is 10.5 Å². The third-order valence-corrected chi connectivity index (χ3v) is 7.00. The van der Waals surface area contributed by atoms with Gasteiger partial charge in [0.2, 0.25) is 10.0 Å². The van der Waals surface area contributed by atoms with E-state index >= 15 is 0 Å². The molecule has 0 aliphatic rings. The number of anilines is 1. The zero-order chi connectivity index (χ0) is 20.6. The fraction of sp³-hybridized carbons (Fsp3) is 0.143. The van der Waals surface area contributed by atoms with Gasteiger partial charge in [-0.25, -0.2) is 8.42 Å².